The van der Waals surface area contributed by atoms with E-state index in [1.807, 2.05) is 42.2 Å². The smallest absolute Gasteiger partial charge is 0.176 e. The molecule has 8 heteroatoms. The Labute approximate surface area is 188 Å². The summed E-state index contributed by atoms with van der Waals surface area (Å²) in [6, 6.07) is 10.2. The molecule has 0 amide bonds. The number of imidazole rings is 1. The van der Waals surface area contributed by atoms with E-state index in [4.69, 9.17) is 10.7 Å². The van der Waals surface area contributed by atoms with Gasteiger partial charge in [-0.25, -0.2) is 9.98 Å². The first-order valence-corrected chi connectivity index (χ1v) is 11.0. The van der Waals surface area contributed by atoms with Gasteiger partial charge < -0.3 is 20.5 Å². The number of nitrogens with zero attached hydrogens (tertiary/aromatic N) is 6. The maximum Gasteiger partial charge on any atom is 0.176 e. The molecule has 8 nitrogen and oxygen atoms in total. The summed E-state index contributed by atoms with van der Waals surface area (Å²) in [7, 11) is 4.10. The van der Waals surface area contributed by atoms with E-state index in [9.17, 15) is 5.26 Å². The first kappa shape index (κ1) is 20.5. The minimum Gasteiger partial charge on any atom is -0.357 e. The lowest BCUT2D eigenvalue weighted by atomic mass is 9.92. The van der Waals surface area contributed by atoms with Crippen molar-refractivity contribution in [3.8, 4) is 6.07 Å². The summed E-state index contributed by atoms with van der Waals surface area (Å²) in [5, 5.41) is 12.7. The lowest BCUT2D eigenvalue weighted by Crippen LogP contribution is -2.50. The van der Waals surface area contributed by atoms with Crippen LogP contribution in [0.15, 0.2) is 52.9 Å². The number of aryl methyl sites for hydroxylation is 1. The number of fused-ring (bicyclic) bond motifs is 1. The van der Waals surface area contributed by atoms with E-state index in [1.54, 1.807) is 0 Å². The molecule has 3 aliphatic rings. The van der Waals surface area contributed by atoms with Gasteiger partial charge in [-0.2, -0.15) is 5.26 Å². The molecule has 0 bridgehead atoms. The molecular formula is C24H28N8. The van der Waals surface area contributed by atoms with E-state index in [2.05, 4.69) is 45.5 Å². The van der Waals surface area contributed by atoms with Crippen molar-refractivity contribution in [3.63, 3.8) is 0 Å². The lowest BCUT2D eigenvalue weighted by molar-refractivity contribution is 0.142. The number of rotatable bonds is 3. The second kappa shape index (κ2) is 8.26. The van der Waals surface area contributed by atoms with Gasteiger partial charge in [0.15, 0.2) is 6.29 Å². The molecule has 3 aliphatic heterocycles. The van der Waals surface area contributed by atoms with Crippen LogP contribution in [0.1, 0.15) is 29.7 Å². The molecule has 1 aromatic heterocycles. The molecule has 1 atom stereocenters. The van der Waals surface area contributed by atoms with Gasteiger partial charge in [0.2, 0.25) is 0 Å². The van der Waals surface area contributed by atoms with Gasteiger partial charge in [-0.05, 0) is 36.6 Å². The van der Waals surface area contributed by atoms with Crippen molar-refractivity contribution >= 4 is 17.6 Å². The Morgan fingerprint density at radius 3 is 2.62 bits per heavy atom. The summed E-state index contributed by atoms with van der Waals surface area (Å²) >= 11 is 0. The normalized spacial score (nSPS) is 21.8. The minimum absolute atomic E-state index is 0.121. The summed E-state index contributed by atoms with van der Waals surface area (Å²) < 4.78 is 2.04. The van der Waals surface area contributed by atoms with Crippen molar-refractivity contribution in [3.05, 3.63) is 64.8 Å². The Kier molecular flexibility index (Phi) is 5.29. The zero-order valence-corrected chi connectivity index (χ0v) is 18.5. The number of nitrogens with two attached hydrogens (primary N) is 1. The van der Waals surface area contributed by atoms with E-state index in [1.165, 1.54) is 0 Å². The zero-order valence-electron chi connectivity index (χ0n) is 18.5. The molecule has 0 spiro atoms. The third-order valence-corrected chi connectivity index (χ3v) is 6.45. The van der Waals surface area contributed by atoms with Crippen LogP contribution in [0.25, 0.3) is 6.08 Å². The van der Waals surface area contributed by atoms with Gasteiger partial charge in [-0.15, -0.1) is 0 Å². The van der Waals surface area contributed by atoms with E-state index < -0.39 is 0 Å². The van der Waals surface area contributed by atoms with E-state index in [-0.39, 0.29) is 12.3 Å². The van der Waals surface area contributed by atoms with Crippen LogP contribution in [0.2, 0.25) is 0 Å². The van der Waals surface area contributed by atoms with Crippen molar-refractivity contribution in [1.29, 1.82) is 5.26 Å². The number of aliphatic imine (C=N–C) groups is 1. The van der Waals surface area contributed by atoms with Gasteiger partial charge in [-0.3, -0.25) is 4.90 Å². The van der Waals surface area contributed by atoms with Gasteiger partial charge in [-0.1, -0.05) is 12.1 Å². The molecule has 0 saturated carbocycles. The van der Waals surface area contributed by atoms with Crippen molar-refractivity contribution in [1.82, 2.24) is 19.8 Å². The Bertz CT molecular complexity index is 1140. The number of anilines is 1. The molecule has 5 rings (SSSR count). The largest absolute Gasteiger partial charge is 0.357 e. The second-order valence-corrected chi connectivity index (χ2v) is 8.73. The number of hydrogen-bond donors (Lipinski definition) is 2. The number of piperidine rings is 1. The van der Waals surface area contributed by atoms with Crippen molar-refractivity contribution < 1.29 is 0 Å². The summed E-state index contributed by atoms with van der Waals surface area (Å²) in [5.41, 5.74) is 11.9. The third-order valence-electron chi connectivity index (χ3n) is 6.45. The molecule has 0 aliphatic carbocycles. The van der Waals surface area contributed by atoms with Crippen LogP contribution < -0.4 is 16.0 Å². The highest BCUT2D eigenvalue weighted by atomic mass is 15.4. The average molecular weight is 429 g/mol. The molecular weight excluding hydrogens is 400 g/mol. The van der Waals surface area contributed by atoms with Gasteiger partial charge in [0, 0.05) is 57.1 Å². The maximum absolute atomic E-state index is 9.21. The molecule has 3 N–H and O–H groups in total. The number of nitriles is 1. The molecule has 0 radical (unpaired) electrons. The number of aromatic nitrogens is 2. The van der Waals surface area contributed by atoms with Gasteiger partial charge in [0.05, 0.1) is 23.7 Å². The fourth-order valence-electron chi connectivity index (χ4n) is 4.70. The van der Waals surface area contributed by atoms with E-state index >= 15 is 0 Å². The molecule has 1 fully saturated rings. The van der Waals surface area contributed by atoms with Gasteiger partial charge in [0.1, 0.15) is 11.5 Å². The Morgan fingerprint density at radius 1 is 1.16 bits per heavy atom. The van der Waals surface area contributed by atoms with Gasteiger partial charge in [0.25, 0.3) is 0 Å². The van der Waals surface area contributed by atoms with Crippen LogP contribution in [0, 0.1) is 11.3 Å². The van der Waals surface area contributed by atoms with Crippen LogP contribution in [-0.4, -0.2) is 59.2 Å². The van der Waals surface area contributed by atoms with Crippen LogP contribution >= 0.6 is 0 Å². The maximum atomic E-state index is 9.21. The fraction of sp³-hybridized carbons (Fsp3) is 0.375. The van der Waals surface area contributed by atoms with Crippen molar-refractivity contribution in [2.24, 2.45) is 17.8 Å². The number of hydrogen-bond acceptors (Lipinski definition) is 7. The van der Waals surface area contributed by atoms with Crippen molar-refractivity contribution in [2.45, 2.75) is 25.2 Å². The SMILES string of the molecule is CN1CC(C2=CNC(N3CCC(N)CC3)N=C2c2ccc(C#N)cc2)=Cc2ncn(C)c21. The lowest BCUT2D eigenvalue weighted by Gasteiger charge is -2.37. The molecule has 1 unspecified atom stereocenters. The van der Waals surface area contributed by atoms with Gasteiger partial charge >= 0.3 is 0 Å². The minimum atomic E-state index is -0.121. The Hall–Kier alpha value is -3.41. The zero-order chi connectivity index (χ0) is 22.2. The average Bonchev–Trinajstić information content (AvgIpc) is 3.20. The third kappa shape index (κ3) is 3.70. The van der Waals surface area contributed by atoms with E-state index in [0.29, 0.717) is 5.56 Å². The van der Waals surface area contributed by atoms with Crippen LogP contribution in [0.3, 0.4) is 0 Å². The predicted molar refractivity (Wildman–Crippen MR) is 126 cm³/mol. The highest BCUT2D eigenvalue weighted by Gasteiger charge is 2.29. The number of nitrogens with one attached hydrogen (secondary N) is 1. The second-order valence-electron chi connectivity index (χ2n) is 8.73. The topological polar surface area (TPSA) is 98.5 Å². The first-order chi connectivity index (χ1) is 15.5. The number of likely N-dealkylation sites (N-methyl/N-ethyl adjacent to an activating group) is 1. The molecule has 1 saturated heterocycles. The van der Waals surface area contributed by atoms with Crippen molar-refractivity contribution in [2.75, 3.05) is 31.6 Å². The molecule has 2 aromatic rings. The molecule has 164 valence electrons. The summed E-state index contributed by atoms with van der Waals surface area (Å²) in [6.07, 6.45) is 7.93. The molecule has 4 heterocycles. The quantitative estimate of drug-likeness (QED) is 0.774. The predicted octanol–water partition coefficient (Wildman–Crippen LogP) is 1.81. The Morgan fingerprint density at radius 2 is 1.91 bits per heavy atom. The molecule has 1 aromatic carbocycles. The van der Waals surface area contributed by atoms with Crippen LogP contribution in [0.4, 0.5) is 5.82 Å². The highest BCUT2D eigenvalue weighted by molar-refractivity contribution is 6.16. The fourth-order valence-corrected chi connectivity index (χ4v) is 4.70. The standard InChI is InChI=1S/C24H28N8/c1-30-14-18(11-21-23(30)31(2)15-28-21)20-13-27-24(32-9-7-19(26)8-10-32)29-22(20)17-5-3-16(12-25)4-6-17/h3-6,11,13,15,19,24,27H,7-10,14,26H2,1-2H3. The first-order valence-electron chi connectivity index (χ1n) is 11.0. The molecule has 32 heavy (non-hydrogen) atoms. The van der Waals surface area contributed by atoms with Crippen LogP contribution in [0.5, 0.6) is 0 Å². The Balaban J connectivity index is 1.52. The summed E-state index contributed by atoms with van der Waals surface area (Å²) in [5.74, 6) is 1.11. The van der Waals surface area contributed by atoms with E-state index in [0.717, 1.165) is 66.4 Å². The summed E-state index contributed by atoms with van der Waals surface area (Å²) in [4.78, 5) is 14.3. The van der Waals surface area contributed by atoms with Crippen LogP contribution in [-0.2, 0) is 7.05 Å². The highest BCUT2D eigenvalue weighted by Crippen LogP contribution is 2.32. The summed E-state index contributed by atoms with van der Waals surface area (Å²) in [6.45, 7) is 2.61. The monoisotopic (exact) mass is 428 g/mol. The number of benzene rings is 1. The number of likely N-dealkylation sites (tertiary alicyclic amines) is 1.